The number of likely N-dealkylation sites (tertiary alicyclic amines) is 1. The second-order valence-corrected chi connectivity index (χ2v) is 6.01. The Morgan fingerprint density at radius 3 is 2.90 bits per heavy atom. The fourth-order valence-electron chi connectivity index (χ4n) is 2.84. The van der Waals surface area contributed by atoms with Crippen molar-refractivity contribution >= 4 is 17.2 Å². The van der Waals surface area contributed by atoms with E-state index < -0.39 is 0 Å². The molecule has 20 heavy (non-hydrogen) atoms. The second-order valence-electron chi connectivity index (χ2n) is 5.57. The largest absolute Gasteiger partial charge is 0.496 e. The first kappa shape index (κ1) is 15.3. The molecule has 1 saturated heterocycles. The Kier molecular flexibility index (Phi) is 5.38. The highest BCUT2D eigenvalue weighted by Crippen LogP contribution is 2.23. The molecule has 1 aromatic rings. The Hall–Kier alpha value is -1.13. The number of thiocarbonyl (C=S) groups is 1. The molecule has 0 bridgehead atoms. The number of hydrogen-bond donors (Lipinski definition) is 1. The van der Waals surface area contributed by atoms with Crippen molar-refractivity contribution in [2.24, 2.45) is 5.73 Å². The quantitative estimate of drug-likeness (QED) is 0.866. The van der Waals surface area contributed by atoms with Crippen molar-refractivity contribution in [1.29, 1.82) is 0 Å². The minimum atomic E-state index is 0.386. The fourth-order valence-corrected chi connectivity index (χ4v) is 3.01. The molecule has 1 aliphatic rings. The van der Waals surface area contributed by atoms with Crippen molar-refractivity contribution in [3.05, 3.63) is 29.3 Å². The second kappa shape index (κ2) is 7.04. The van der Waals surface area contributed by atoms with Crippen LogP contribution in [0.5, 0.6) is 5.75 Å². The summed E-state index contributed by atoms with van der Waals surface area (Å²) >= 11 is 5.04. The van der Waals surface area contributed by atoms with E-state index in [9.17, 15) is 0 Å². The number of benzene rings is 1. The predicted molar refractivity (Wildman–Crippen MR) is 87.2 cm³/mol. The molecule has 2 rings (SSSR count). The molecule has 1 unspecified atom stereocenters. The maximum atomic E-state index is 5.71. The molecule has 1 fully saturated rings. The molecule has 3 nitrogen and oxygen atoms in total. The molecule has 1 aliphatic heterocycles. The van der Waals surface area contributed by atoms with E-state index in [-0.39, 0.29) is 0 Å². The van der Waals surface area contributed by atoms with Crippen LogP contribution in [0.15, 0.2) is 18.2 Å². The Bertz CT molecular complexity index is 476. The summed E-state index contributed by atoms with van der Waals surface area (Å²) in [5.41, 5.74) is 7.78. The number of rotatable bonds is 4. The molecule has 1 aromatic carbocycles. The van der Waals surface area contributed by atoms with Crippen molar-refractivity contribution in [2.75, 3.05) is 13.7 Å². The van der Waals surface area contributed by atoms with Crippen molar-refractivity contribution in [1.82, 2.24) is 4.90 Å². The average Bonchev–Trinajstić information content (AvgIpc) is 2.64. The number of hydrogen-bond acceptors (Lipinski definition) is 3. The molecule has 1 heterocycles. The van der Waals surface area contributed by atoms with Gasteiger partial charge in [0.05, 0.1) is 12.7 Å². The van der Waals surface area contributed by atoms with E-state index in [2.05, 4.69) is 24.0 Å². The smallest absolute Gasteiger partial charge is 0.129 e. The SMILES string of the molecule is COc1cc(CN2CCCCCC2C)ccc1C(N)=S. The molecular formula is C16H24N2OS. The third kappa shape index (κ3) is 3.70. The minimum absolute atomic E-state index is 0.386. The Morgan fingerprint density at radius 1 is 1.40 bits per heavy atom. The molecule has 1 atom stereocenters. The van der Waals surface area contributed by atoms with E-state index in [1.54, 1.807) is 7.11 Å². The lowest BCUT2D eigenvalue weighted by atomic mass is 10.1. The van der Waals surface area contributed by atoms with Gasteiger partial charge in [-0.25, -0.2) is 0 Å². The highest BCUT2D eigenvalue weighted by molar-refractivity contribution is 7.80. The molecule has 0 spiro atoms. The van der Waals surface area contributed by atoms with E-state index >= 15 is 0 Å². The van der Waals surface area contributed by atoms with Gasteiger partial charge in [0.1, 0.15) is 10.7 Å². The molecule has 0 saturated carbocycles. The average molecular weight is 292 g/mol. The third-order valence-corrected chi connectivity index (χ3v) is 4.33. The van der Waals surface area contributed by atoms with E-state index in [1.807, 2.05) is 6.07 Å². The van der Waals surface area contributed by atoms with E-state index in [1.165, 1.54) is 37.8 Å². The molecule has 0 aliphatic carbocycles. The maximum absolute atomic E-state index is 5.71. The van der Waals surface area contributed by atoms with Gasteiger partial charge >= 0.3 is 0 Å². The molecule has 4 heteroatoms. The zero-order chi connectivity index (χ0) is 14.5. The molecule has 0 amide bonds. The zero-order valence-corrected chi connectivity index (χ0v) is 13.2. The van der Waals surface area contributed by atoms with Gasteiger partial charge in [-0.3, -0.25) is 4.90 Å². The summed E-state index contributed by atoms with van der Waals surface area (Å²) in [5, 5.41) is 0. The van der Waals surface area contributed by atoms with Crippen LogP contribution in [0.3, 0.4) is 0 Å². The molecule has 0 aromatic heterocycles. The maximum Gasteiger partial charge on any atom is 0.129 e. The first-order valence-electron chi connectivity index (χ1n) is 7.32. The van der Waals surface area contributed by atoms with Crippen molar-refractivity contribution < 1.29 is 4.74 Å². The van der Waals surface area contributed by atoms with Gasteiger partial charge in [0.25, 0.3) is 0 Å². The molecular weight excluding hydrogens is 268 g/mol. The number of ether oxygens (including phenoxy) is 1. The number of nitrogens with zero attached hydrogens (tertiary/aromatic N) is 1. The predicted octanol–water partition coefficient (Wildman–Crippen LogP) is 3.09. The minimum Gasteiger partial charge on any atom is -0.496 e. The first-order chi connectivity index (χ1) is 9.61. The Morgan fingerprint density at radius 2 is 2.20 bits per heavy atom. The van der Waals surface area contributed by atoms with Crippen LogP contribution in [-0.4, -0.2) is 29.6 Å². The summed E-state index contributed by atoms with van der Waals surface area (Å²) < 4.78 is 5.40. The van der Waals surface area contributed by atoms with Crippen LogP contribution in [-0.2, 0) is 6.54 Å². The summed E-state index contributed by atoms with van der Waals surface area (Å²) in [6, 6.07) is 6.79. The van der Waals surface area contributed by atoms with Gasteiger partial charge in [0, 0.05) is 12.6 Å². The lowest BCUT2D eigenvalue weighted by Gasteiger charge is -2.27. The summed E-state index contributed by atoms with van der Waals surface area (Å²) in [6.07, 6.45) is 5.29. The lowest BCUT2D eigenvalue weighted by molar-refractivity contribution is 0.204. The highest BCUT2D eigenvalue weighted by Gasteiger charge is 2.17. The topological polar surface area (TPSA) is 38.5 Å². The van der Waals surface area contributed by atoms with Crippen LogP contribution in [0.4, 0.5) is 0 Å². The summed E-state index contributed by atoms with van der Waals surface area (Å²) in [4.78, 5) is 2.94. The van der Waals surface area contributed by atoms with Gasteiger partial charge in [-0.05, 0) is 44.0 Å². The normalized spacial score (nSPS) is 20.4. The van der Waals surface area contributed by atoms with Crippen LogP contribution < -0.4 is 10.5 Å². The van der Waals surface area contributed by atoms with Gasteiger partial charge in [0.15, 0.2) is 0 Å². The number of methoxy groups -OCH3 is 1. The van der Waals surface area contributed by atoms with Gasteiger partial charge in [-0.2, -0.15) is 0 Å². The molecule has 0 radical (unpaired) electrons. The van der Waals surface area contributed by atoms with Gasteiger partial charge in [-0.1, -0.05) is 31.1 Å². The van der Waals surface area contributed by atoms with E-state index in [4.69, 9.17) is 22.7 Å². The Labute approximate surface area is 127 Å². The van der Waals surface area contributed by atoms with Crippen LogP contribution in [0.25, 0.3) is 0 Å². The first-order valence-corrected chi connectivity index (χ1v) is 7.73. The third-order valence-electron chi connectivity index (χ3n) is 4.11. The fraction of sp³-hybridized carbons (Fsp3) is 0.562. The Balaban J connectivity index is 2.14. The number of nitrogens with two attached hydrogens (primary N) is 1. The van der Waals surface area contributed by atoms with E-state index in [0.29, 0.717) is 11.0 Å². The van der Waals surface area contributed by atoms with Crippen LogP contribution in [0.2, 0.25) is 0 Å². The van der Waals surface area contributed by atoms with Gasteiger partial charge in [-0.15, -0.1) is 0 Å². The van der Waals surface area contributed by atoms with E-state index in [0.717, 1.165) is 17.9 Å². The summed E-state index contributed by atoms with van der Waals surface area (Å²) in [5.74, 6) is 0.775. The van der Waals surface area contributed by atoms with Crippen LogP contribution in [0.1, 0.15) is 43.7 Å². The van der Waals surface area contributed by atoms with Crippen LogP contribution >= 0.6 is 12.2 Å². The van der Waals surface area contributed by atoms with Crippen molar-refractivity contribution in [3.8, 4) is 5.75 Å². The zero-order valence-electron chi connectivity index (χ0n) is 12.4. The lowest BCUT2D eigenvalue weighted by Crippen LogP contribution is -2.32. The summed E-state index contributed by atoms with van der Waals surface area (Å²) in [7, 11) is 1.66. The molecule has 110 valence electrons. The molecule has 2 N–H and O–H groups in total. The van der Waals surface area contributed by atoms with Crippen LogP contribution in [0, 0.1) is 0 Å². The standard InChI is InChI=1S/C16H24N2OS/c1-12-6-4-3-5-9-18(12)11-13-7-8-14(16(17)20)15(10-13)19-2/h7-8,10,12H,3-6,9,11H2,1-2H3,(H2,17,20). The highest BCUT2D eigenvalue weighted by atomic mass is 32.1. The van der Waals surface area contributed by atoms with Crippen molar-refractivity contribution in [2.45, 2.75) is 45.2 Å². The van der Waals surface area contributed by atoms with Gasteiger partial charge in [0.2, 0.25) is 0 Å². The van der Waals surface area contributed by atoms with Crippen molar-refractivity contribution in [3.63, 3.8) is 0 Å². The van der Waals surface area contributed by atoms with Gasteiger partial charge < -0.3 is 10.5 Å². The summed E-state index contributed by atoms with van der Waals surface area (Å²) in [6.45, 7) is 4.47. The monoisotopic (exact) mass is 292 g/mol.